The lowest BCUT2D eigenvalue weighted by molar-refractivity contribution is -0.128. The summed E-state index contributed by atoms with van der Waals surface area (Å²) in [5.74, 6) is 1.12. The molecule has 0 aromatic carbocycles. The second-order valence-electron chi connectivity index (χ2n) is 5.68. The standard InChI is InChI=1S/C14H18N2O2/c15-9-14(3-5-18-6-4-14)16-13(17)12-8-10-1-2-11(12)7-10/h1-2,10-12H,3-8H2,(H,16,17)/t10-,11+,12-/m1/s1. The van der Waals surface area contributed by atoms with Crippen molar-refractivity contribution in [3.8, 4) is 6.07 Å². The predicted octanol–water partition coefficient (Wildman–Crippen LogP) is 1.39. The minimum absolute atomic E-state index is 0.0651. The molecule has 3 atom stereocenters. The Balaban J connectivity index is 1.67. The van der Waals surface area contributed by atoms with Crippen LogP contribution in [0.25, 0.3) is 0 Å². The number of carbonyl (C=O) groups excluding carboxylic acids is 1. The van der Waals surface area contributed by atoms with Crippen LogP contribution in [-0.4, -0.2) is 24.7 Å². The van der Waals surface area contributed by atoms with Gasteiger partial charge in [-0.15, -0.1) is 0 Å². The topological polar surface area (TPSA) is 62.1 Å². The summed E-state index contributed by atoms with van der Waals surface area (Å²) in [4.78, 5) is 12.3. The van der Waals surface area contributed by atoms with E-state index in [9.17, 15) is 10.1 Å². The average Bonchev–Trinajstić information content (AvgIpc) is 3.02. The highest BCUT2D eigenvalue weighted by Crippen LogP contribution is 2.43. The summed E-state index contributed by atoms with van der Waals surface area (Å²) in [7, 11) is 0. The lowest BCUT2D eigenvalue weighted by Gasteiger charge is -2.33. The van der Waals surface area contributed by atoms with Crippen LogP contribution in [0, 0.1) is 29.1 Å². The second kappa shape index (κ2) is 4.40. The molecule has 1 heterocycles. The number of fused-ring (bicyclic) bond motifs is 2. The average molecular weight is 246 g/mol. The second-order valence-corrected chi connectivity index (χ2v) is 5.68. The first-order valence-corrected chi connectivity index (χ1v) is 6.72. The maximum Gasteiger partial charge on any atom is 0.224 e. The van der Waals surface area contributed by atoms with Crippen LogP contribution < -0.4 is 5.32 Å². The number of rotatable bonds is 2. The molecule has 96 valence electrons. The van der Waals surface area contributed by atoms with Crippen molar-refractivity contribution in [3.05, 3.63) is 12.2 Å². The molecule has 0 radical (unpaired) electrons. The molecular weight excluding hydrogens is 228 g/mol. The van der Waals surface area contributed by atoms with Crippen LogP contribution in [0.1, 0.15) is 25.7 Å². The van der Waals surface area contributed by atoms with Crippen LogP contribution in [0.15, 0.2) is 12.2 Å². The van der Waals surface area contributed by atoms with E-state index in [0.717, 1.165) is 12.8 Å². The number of hydrogen-bond acceptors (Lipinski definition) is 3. The molecule has 0 aromatic rings. The number of ether oxygens (including phenoxy) is 1. The third kappa shape index (κ3) is 1.93. The Bertz CT molecular complexity index is 418. The first-order chi connectivity index (χ1) is 8.72. The highest BCUT2D eigenvalue weighted by molar-refractivity contribution is 5.81. The largest absolute Gasteiger partial charge is 0.381 e. The van der Waals surface area contributed by atoms with E-state index in [1.807, 2.05) is 0 Å². The minimum atomic E-state index is -0.694. The molecule has 1 aliphatic heterocycles. The van der Waals surface area contributed by atoms with Crippen LogP contribution in [0.4, 0.5) is 0 Å². The SMILES string of the molecule is N#CC1(NC(=O)[C@@H]2C[C@@H]3C=C[C@H]2C3)CCOCC1. The third-order valence-electron chi connectivity index (χ3n) is 4.54. The van der Waals surface area contributed by atoms with Gasteiger partial charge in [0, 0.05) is 32.0 Å². The van der Waals surface area contributed by atoms with Crippen LogP contribution in [0.5, 0.6) is 0 Å². The van der Waals surface area contributed by atoms with E-state index >= 15 is 0 Å². The van der Waals surface area contributed by atoms with Crippen LogP contribution in [-0.2, 0) is 9.53 Å². The molecule has 3 rings (SSSR count). The van der Waals surface area contributed by atoms with Crippen molar-refractivity contribution in [1.82, 2.24) is 5.32 Å². The Morgan fingerprint density at radius 2 is 2.11 bits per heavy atom. The van der Waals surface area contributed by atoms with Gasteiger partial charge in [-0.3, -0.25) is 4.79 Å². The molecule has 0 spiro atoms. The number of nitrogens with one attached hydrogen (secondary N) is 1. The maximum atomic E-state index is 12.3. The van der Waals surface area contributed by atoms with Crippen molar-refractivity contribution in [2.75, 3.05) is 13.2 Å². The zero-order chi connectivity index (χ0) is 12.6. The smallest absolute Gasteiger partial charge is 0.224 e. The van der Waals surface area contributed by atoms with E-state index in [2.05, 4.69) is 23.5 Å². The van der Waals surface area contributed by atoms with Gasteiger partial charge in [-0.25, -0.2) is 0 Å². The quantitative estimate of drug-likeness (QED) is 0.749. The van der Waals surface area contributed by atoms with Crippen molar-refractivity contribution >= 4 is 5.91 Å². The molecule has 1 amide bonds. The number of nitrogens with zero attached hydrogens (tertiary/aromatic N) is 1. The van der Waals surface area contributed by atoms with Gasteiger partial charge in [0.1, 0.15) is 5.54 Å². The van der Waals surface area contributed by atoms with Gasteiger partial charge < -0.3 is 10.1 Å². The summed E-state index contributed by atoms with van der Waals surface area (Å²) in [5.41, 5.74) is -0.694. The molecule has 2 aliphatic carbocycles. The first kappa shape index (κ1) is 11.7. The van der Waals surface area contributed by atoms with E-state index in [1.165, 1.54) is 0 Å². The van der Waals surface area contributed by atoms with Crippen molar-refractivity contribution in [1.29, 1.82) is 5.26 Å². The van der Waals surface area contributed by atoms with Gasteiger partial charge in [-0.1, -0.05) is 12.2 Å². The van der Waals surface area contributed by atoms with Gasteiger partial charge in [0.2, 0.25) is 5.91 Å². The van der Waals surface area contributed by atoms with Crippen LogP contribution in [0.3, 0.4) is 0 Å². The Hall–Kier alpha value is -1.34. The molecule has 1 saturated heterocycles. The Kier molecular flexibility index (Phi) is 2.87. The highest BCUT2D eigenvalue weighted by atomic mass is 16.5. The van der Waals surface area contributed by atoms with Crippen LogP contribution >= 0.6 is 0 Å². The number of allylic oxidation sites excluding steroid dienone is 2. The number of nitriles is 1. The Morgan fingerprint density at radius 3 is 2.67 bits per heavy atom. The fourth-order valence-electron chi connectivity index (χ4n) is 3.40. The zero-order valence-electron chi connectivity index (χ0n) is 10.4. The van der Waals surface area contributed by atoms with Crippen LogP contribution in [0.2, 0.25) is 0 Å². The van der Waals surface area contributed by atoms with Crippen molar-refractivity contribution < 1.29 is 9.53 Å². The number of carbonyl (C=O) groups is 1. The third-order valence-corrected chi connectivity index (χ3v) is 4.54. The predicted molar refractivity (Wildman–Crippen MR) is 65.4 cm³/mol. The lowest BCUT2D eigenvalue weighted by atomic mass is 9.88. The molecular formula is C14H18N2O2. The van der Waals surface area contributed by atoms with Crippen molar-refractivity contribution in [2.24, 2.45) is 17.8 Å². The molecule has 4 heteroatoms. The van der Waals surface area contributed by atoms with Gasteiger partial charge in [-0.05, 0) is 24.7 Å². The molecule has 0 unspecified atom stereocenters. The first-order valence-electron chi connectivity index (χ1n) is 6.72. The van der Waals surface area contributed by atoms with Gasteiger partial charge >= 0.3 is 0 Å². The normalized spacial score (nSPS) is 36.3. The van der Waals surface area contributed by atoms with Gasteiger partial charge in [0.15, 0.2) is 0 Å². The number of amides is 1. The minimum Gasteiger partial charge on any atom is -0.381 e. The Morgan fingerprint density at radius 1 is 1.33 bits per heavy atom. The fraction of sp³-hybridized carbons (Fsp3) is 0.714. The van der Waals surface area contributed by atoms with E-state index in [1.54, 1.807) is 0 Å². The van der Waals surface area contributed by atoms with E-state index in [0.29, 0.717) is 37.9 Å². The van der Waals surface area contributed by atoms with Gasteiger partial charge in [0.05, 0.1) is 6.07 Å². The number of hydrogen-bond donors (Lipinski definition) is 1. The zero-order valence-corrected chi connectivity index (χ0v) is 10.4. The summed E-state index contributed by atoms with van der Waals surface area (Å²) < 4.78 is 5.27. The maximum absolute atomic E-state index is 12.3. The summed E-state index contributed by atoms with van der Waals surface area (Å²) in [6, 6.07) is 2.29. The summed E-state index contributed by atoms with van der Waals surface area (Å²) in [5, 5.41) is 12.3. The summed E-state index contributed by atoms with van der Waals surface area (Å²) >= 11 is 0. The lowest BCUT2D eigenvalue weighted by Crippen LogP contribution is -2.53. The molecule has 2 bridgehead atoms. The molecule has 0 aromatic heterocycles. The molecule has 18 heavy (non-hydrogen) atoms. The highest BCUT2D eigenvalue weighted by Gasteiger charge is 2.43. The van der Waals surface area contributed by atoms with E-state index < -0.39 is 5.54 Å². The summed E-state index contributed by atoms with van der Waals surface area (Å²) in [6.45, 7) is 1.12. The van der Waals surface area contributed by atoms with E-state index in [4.69, 9.17) is 4.74 Å². The summed E-state index contributed by atoms with van der Waals surface area (Å²) in [6.07, 6.45) is 7.66. The fourth-order valence-corrected chi connectivity index (χ4v) is 3.40. The molecule has 1 saturated carbocycles. The van der Waals surface area contributed by atoms with Gasteiger partial charge in [-0.2, -0.15) is 5.26 Å². The van der Waals surface area contributed by atoms with Crippen molar-refractivity contribution in [2.45, 2.75) is 31.2 Å². The monoisotopic (exact) mass is 246 g/mol. The molecule has 1 N–H and O–H groups in total. The molecule has 3 aliphatic rings. The van der Waals surface area contributed by atoms with Crippen molar-refractivity contribution in [3.63, 3.8) is 0 Å². The Labute approximate surface area is 107 Å². The van der Waals surface area contributed by atoms with Gasteiger partial charge in [0.25, 0.3) is 0 Å². The molecule has 2 fully saturated rings. The molecule has 4 nitrogen and oxygen atoms in total. The van der Waals surface area contributed by atoms with E-state index in [-0.39, 0.29) is 11.8 Å².